The van der Waals surface area contributed by atoms with Gasteiger partial charge >= 0.3 is 0 Å². The van der Waals surface area contributed by atoms with Gasteiger partial charge in [0.1, 0.15) is 0 Å². The molecule has 1 aromatic heterocycles. The van der Waals surface area contributed by atoms with Crippen LogP contribution >= 0.6 is 22.9 Å². The molecule has 2 rings (SSSR count). The van der Waals surface area contributed by atoms with Crippen LogP contribution in [0.3, 0.4) is 0 Å². The zero-order valence-electron chi connectivity index (χ0n) is 10.7. The van der Waals surface area contributed by atoms with Crippen molar-refractivity contribution in [3.05, 3.63) is 50.9 Å². The largest absolute Gasteiger partial charge is 0.494 e. The number of benzene rings is 1. The van der Waals surface area contributed by atoms with Crippen LogP contribution in [-0.4, -0.2) is 14.2 Å². The molecule has 1 unspecified atom stereocenters. The van der Waals surface area contributed by atoms with Crippen molar-refractivity contribution in [2.45, 2.75) is 12.5 Å². The lowest BCUT2D eigenvalue weighted by Crippen LogP contribution is -2.18. The molecule has 102 valence electrons. The van der Waals surface area contributed by atoms with E-state index in [9.17, 15) is 4.39 Å². The summed E-state index contributed by atoms with van der Waals surface area (Å²) < 4.78 is 19.8. The lowest BCUT2D eigenvalue weighted by molar-refractivity contribution is 0.383. The summed E-state index contributed by atoms with van der Waals surface area (Å²) >= 11 is 7.44. The number of likely N-dealkylation sites (N-methyl/N-ethyl adjacent to an activating group) is 1. The molecule has 1 aromatic carbocycles. The van der Waals surface area contributed by atoms with Crippen LogP contribution in [0.1, 0.15) is 16.5 Å². The molecule has 0 spiro atoms. The van der Waals surface area contributed by atoms with Gasteiger partial charge in [0.15, 0.2) is 11.6 Å². The van der Waals surface area contributed by atoms with E-state index in [0.29, 0.717) is 12.0 Å². The summed E-state index contributed by atoms with van der Waals surface area (Å²) in [6.45, 7) is 0. The fourth-order valence-corrected chi connectivity index (χ4v) is 3.12. The molecule has 19 heavy (non-hydrogen) atoms. The molecule has 0 aliphatic carbocycles. The smallest absolute Gasteiger partial charge is 0.168 e. The zero-order chi connectivity index (χ0) is 13.8. The highest BCUT2D eigenvalue weighted by Crippen LogP contribution is 2.30. The van der Waals surface area contributed by atoms with Gasteiger partial charge in [-0.05, 0) is 37.2 Å². The fourth-order valence-electron chi connectivity index (χ4n) is 1.95. The second-order valence-electron chi connectivity index (χ2n) is 4.12. The van der Waals surface area contributed by atoms with Crippen LogP contribution < -0.4 is 10.1 Å². The van der Waals surface area contributed by atoms with E-state index in [1.54, 1.807) is 18.2 Å². The Bertz CT molecular complexity index is 558. The molecule has 0 bridgehead atoms. The minimum absolute atomic E-state index is 0.0408. The third-order valence-electron chi connectivity index (χ3n) is 2.97. The normalized spacial score (nSPS) is 12.4. The maximum Gasteiger partial charge on any atom is 0.168 e. The number of thiophene rings is 1. The van der Waals surface area contributed by atoms with Crippen LogP contribution in [0.25, 0.3) is 0 Å². The van der Waals surface area contributed by atoms with Crippen molar-refractivity contribution in [2.24, 2.45) is 0 Å². The molecular weight excluding hydrogens is 285 g/mol. The highest BCUT2D eigenvalue weighted by Gasteiger charge is 2.16. The van der Waals surface area contributed by atoms with Crippen LogP contribution in [0.4, 0.5) is 4.39 Å². The molecule has 0 fully saturated rings. The van der Waals surface area contributed by atoms with Gasteiger partial charge < -0.3 is 10.1 Å². The van der Waals surface area contributed by atoms with Gasteiger partial charge in [-0.25, -0.2) is 4.39 Å². The minimum atomic E-state index is -0.298. The van der Waals surface area contributed by atoms with Crippen molar-refractivity contribution < 1.29 is 9.13 Å². The van der Waals surface area contributed by atoms with Gasteiger partial charge in [-0.2, -0.15) is 0 Å². The lowest BCUT2D eigenvalue weighted by Gasteiger charge is -2.15. The van der Waals surface area contributed by atoms with E-state index >= 15 is 0 Å². The van der Waals surface area contributed by atoms with Crippen molar-refractivity contribution in [3.63, 3.8) is 0 Å². The molecular formula is C14H15ClFNOS. The van der Waals surface area contributed by atoms with E-state index in [2.05, 4.69) is 5.32 Å². The van der Waals surface area contributed by atoms with Gasteiger partial charge in [-0.1, -0.05) is 23.7 Å². The number of hydrogen-bond donors (Lipinski definition) is 1. The van der Waals surface area contributed by atoms with Gasteiger partial charge in [0.2, 0.25) is 0 Å². The Morgan fingerprint density at radius 1 is 1.37 bits per heavy atom. The van der Waals surface area contributed by atoms with Crippen molar-refractivity contribution in [3.8, 4) is 5.75 Å². The first-order valence-electron chi connectivity index (χ1n) is 5.89. The first-order chi connectivity index (χ1) is 9.15. The molecule has 0 amide bonds. The second kappa shape index (κ2) is 6.37. The van der Waals surface area contributed by atoms with E-state index in [1.807, 2.05) is 19.2 Å². The molecule has 2 nitrogen and oxygen atoms in total. The number of nitrogens with one attached hydrogen (secondary N) is 1. The Morgan fingerprint density at radius 2 is 2.16 bits per heavy atom. The molecule has 2 aromatic rings. The molecule has 5 heteroatoms. The number of halogens is 2. The summed E-state index contributed by atoms with van der Waals surface area (Å²) in [7, 11) is 3.33. The Labute approximate surface area is 121 Å². The first-order valence-corrected chi connectivity index (χ1v) is 7.09. The van der Waals surface area contributed by atoms with Crippen LogP contribution in [0.5, 0.6) is 5.75 Å². The first kappa shape index (κ1) is 14.3. The van der Waals surface area contributed by atoms with E-state index in [4.69, 9.17) is 16.3 Å². The van der Waals surface area contributed by atoms with E-state index in [1.165, 1.54) is 18.4 Å². The van der Waals surface area contributed by atoms with Gasteiger partial charge in [-0.15, -0.1) is 11.3 Å². The van der Waals surface area contributed by atoms with Crippen molar-refractivity contribution >= 4 is 22.9 Å². The van der Waals surface area contributed by atoms with Gasteiger partial charge in [-0.3, -0.25) is 0 Å². The monoisotopic (exact) mass is 299 g/mol. The minimum Gasteiger partial charge on any atom is -0.494 e. The summed E-state index contributed by atoms with van der Waals surface area (Å²) in [5, 5.41) is 3.19. The van der Waals surface area contributed by atoms with E-state index in [0.717, 1.165) is 9.21 Å². The third kappa shape index (κ3) is 3.26. The average Bonchev–Trinajstić information content (AvgIpc) is 2.84. The quantitative estimate of drug-likeness (QED) is 0.899. The van der Waals surface area contributed by atoms with E-state index < -0.39 is 0 Å². The Balaban J connectivity index is 2.23. The SMILES string of the molecule is CNC(Cc1cccc(OC)c1F)c1ccc(Cl)s1. The fraction of sp³-hybridized carbons (Fsp3) is 0.286. The second-order valence-corrected chi connectivity index (χ2v) is 5.87. The summed E-state index contributed by atoms with van der Waals surface area (Å²) in [6.07, 6.45) is 0.552. The number of ether oxygens (including phenoxy) is 1. The van der Waals surface area contributed by atoms with Gasteiger partial charge in [0, 0.05) is 10.9 Å². The molecule has 0 saturated carbocycles. The predicted octanol–water partition coefficient (Wildman–Crippen LogP) is 4.05. The zero-order valence-corrected chi connectivity index (χ0v) is 12.3. The van der Waals surface area contributed by atoms with Gasteiger partial charge in [0.05, 0.1) is 11.4 Å². The Hall–Kier alpha value is -1.10. The number of methoxy groups -OCH3 is 1. The van der Waals surface area contributed by atoms with Gasteiger partial charge in [0.25, 0.3) is 0 Å². The standard InChI is InChI=1S/C14H15ClFNOS/c1-17-10(12-6-7-13(15)19-12)8-9-4-3-5-11(18-2)14(9)16/h3-7,10,17H,8H2,1-2H3. The predicted molar refractivity (Wildman–Crippen MR) is 77.8 cm³/mol. The molecule has 0 saturated heterocycles. The molecule has 0 aliphatic heterocycles. The summed E-state index contributed by atoms with van der Waals surface area (Å²) in [6, 6.07) is 9.05. The Morgan fingerprint density at radius 3 is 2.74 bits per heavy atom. The van der Waals surface area contributed by atoms with Crippen molar-refractivity contribution in [1.29, 1.82) is 0 Å². The average molecular weight is 300 g/mol. The van der Waals surface area contributed by atoms with Crippen molar-refractivity contribution in [1.82, 2.24) is 5.32 Å². The molecule has 0 radical (unpaired) electrons. The number of rotatable bonds is 5. The maximum atomic E-state index is 14.1. The topological polar surface area (TPSA) is 21.3 Å². The van der Waals surface area contributed by atoms with E-state index in [-0.39, 0.29) is 17.6 Å². The summed E-state index contributed by atoms with van der Waals surface area (Å²) in [4.78, 5) is 1.09. The van der Waals surface area contributed by atoms with Crippen LogP contribution in [0.2, 0.25) is 4.34 Å². The number of hydrogen-bond acceptors (Lipinski definition) is 3. The lowest BCUT2D eigenvalue weighted by atomic mass is 10.0. The highest BCUT2D eigenvalue weighted by atomic mass is 35.5. The highest BCUT2D eigenvalue weighted by molar-refractivity contribution is 7.16. The molecule has 1 heterocycles. The van der Waals surface area contributed by atoms with Crippen molar-refractivity contribution in [2.75, 3.05) is 14.2 Å². The van der Waals surface area contributed by atoms with Crippen LogP contribution in [0, 0.1) is 5.82 Å². The van der Waals surface area contributed by atoms with Crippen LogP contribution in [-0.2, 0) is 6.42 Å². The maximum absolute atomic E-state index is 14.1. The summed E-state index contributed by atoms with van der Waals surface area (Å²) in [5.74, 6) is -0.0236. The third-order valence-corrected chi connectivity index (χ3v) is 4.32. The summed E-state index contributed by atoms with van der Waals surface area (Å²) in [5.41, 5.74) is 0.628. The molecule has 0 aliphatic rings. The molecule has 1 atom stereocenters. The van der Waals surface area contributed by atoms with Crippen LogP contribution in [0.15, 0.2) is 30.3 Å². The Kier molecular flexibility index (Phi) is 4.80. The molecule has 1 N–H and O–H groups in total.